The lowest BCUT2D eigenvalue weighted by Gasteiger charge is -1.99. The van der Waals surface area contributed by atoms with Crippen molar-refractivity contribution in [2.75, 3.05) is 13.7 Å². The topological polar surface area (TPSA) is 38.3 Å². The highest BCUT2D eigenvalue weighted by molar-refractivity contribution is 5.82. The molecule has 0 bridgehead atoms. The van der Waals surface area contributed by atoms with Gasteiger partial charge >= 0.3 is 0 Å². The molecule has 8 heavy (non-hydrogen) atoms. The Bertz CT molecular complexity index is 103. The van der Waals surface area contributed by atoms with Gasteiger partial charge in [0.25, 0.3) is 0 Å². The van der Waals surface area contributed by atoms with Crippen LogP contribution >= 0.6 is 0 Å². The maximum absolute atomic E-state index is 10.6. The van der Waals surface area contributed by atoms with Crippen molar-refractivity contribution in [2.45, 2.75) is 12.5 Å². The summed E-state index contributed by atoms with van der Waals surface area (Å²) in [5.41, 5.74) is 0. The van der Waals surface area contributed by atoms with E-state index in [1.54, 1.807) is 7.11 Å². The minimum atomic E-state index is -0.185. The number of rotatable bonds is 1. The summed E-state index contributed by atoms with van der Waals surface area (Å²) in [6, 6.07) is 0. The summed E-state index contributed by atoms with van der Waals surface area (Å²) in [5, 5.41) is 2.66. The molecule has 0 aliphatic carbocycles. The molecular formula is C5H9NO2. The van der Waals surface area contributed by atoms with E-state index >= 15 is 0 Å². The van der Waals surface area contributed by atoms with Crippen molar-refractivity contribution in [3.05, 3.63) is 0 Å². The van der Waals surface area contributed by atoms with Gasteiger partial charge in [0.2, 0.25) is 5.91 Å². The van der Waals surface area contributed by atoms with E-state index in [2.05, 4.69) is 5.32 Å². The van der Waals surface area contributed by atoms with Crippen molar-refractivity contribution in [2.24, 2.45) is 0 Å². The molecule has 0 saturated carbocycles. The van der Waals surface area contributed by atoms with E-state index in [0.29, 0.717) is 0 Å². The maximum Gasteiger partial charge on any atom is 0.249 e. The maximum atomic E-state index is 10.6. The normalized spacial score (nSPS) is 28.1. The van der Waals surface area contributed by atoms with Crippen molar-refractivity contribution < 1.29 is 9.53 Å². The predicted octanol–water partition coefficient (Wildman–Crippen LogP) is -0.479. The van der Waals surface area contributed by atoms with E-state index in [1.807, 2.05) is 0 Å². The van der Waals surface area contributed by atoms with Gasteiger partial charge in [0.1, 0.15) is 6.10 Å². The van der Waals surface area contributed by atoms with Gasteiger partial charge in [-0.1, -0.05) is 0 Å². The third-order valence-electron chi connectivity index (χ3n) is 1.28. The first-order valence-electron chi connectivity index (χ1n) is 2.65. The molecule has 1 N–H and O–H groups in total. The SMILES string of the molecule is CO[C@H]1CCNC1=O. The van der Waals surface area contributed by atoms with Crippen molar-refractivity contribution >= 4 is 5.91 Å². The van der Waals surface area contributed by atoms with E-state index in [1.165, 1.54) is 0 Å². The molecule has 1 rings (SSSR count). The molecule has 3 heteroatoms. The van der Waals surface area contributed by atoms with Crippen LogP contribution in [0.25, 0.3) is 0 Å². The monoisotopic (exact) mass is 115 g/mol. The van der Waals surface area contributed by atoms with Gasteiger partial charge in [-0.25, -0.2) is 0 Å². The molecule has 0 aromatic rings. The third-order valence-corrected chi connectivity index (χ3v) is 1.28. The van der Waals surface area contributed by atoms with Crippen LogP contribution in [0.4, 0.5) is 0 Å². The van der Waals surface area contributed by atoms with E-state index in [-0.39, 0.29) is 12.0 Å². The van der Waals surface area contributed by atoms with Crippen LogP contribution in [0.2, 0.25) is 0 Å². The second kappa shape index (κ2) is 2.13. The van der Waals surface area contributed by atoms with Crippen molar-refractivity contribution in [1.29, 1.82) is 0 Å². The average molecular weight is 115 g/mol. The third kappa shape index (κ3) is 0.816. The molecule has 0 aromatic heterocycles. The first-order valence-corrected chi connectivity index (χ1v) is 2.65. The van der Waals surface area contributed by atoms with E-state index < -0.39 is 0 Å². The summed E-state index contributed by atoms with van der Waals surface area (Å²) in [6.45, 7) is 0.761. The molecule has 1 aliphatic heterocycles. The van der Waals surface area contributed by atoms with Gasteiger partial charge in [-0.2, -0.15) is 0 Å². The number of nitrogens with one attached hydrogen (secondary N) is 1. The second-order valence-corrected chi connectivity index (χ2v) is 1.80. The molecular weight excluding hydrogens is 106 g/mol. The van der Waals surface area contributed by atoms with Gasteiger partial charge in [0, 0.05) is 13.7 Å². The zero-order valence-corrected chi connectivity index (χ0v) is 4.81. The Balaban J connectivity index is 2.42. The number of methoxy groups -OCH3 is 1. The highest BCUT2D eigenvalue weighted by atomic mass is 16.5. The summed E-state index contributed by atoms with van der Waals surface area (Å²) >= 11 is 0. The molecule has 0 unspecified atom stereocenters. The smallest absolute Gasteiger partial charge is 0.249 e. The Morgan fingerprint density at radius 3 is 2.88 bits per heavy atom. The Hall–Kier alpha value is -0.570. The predicted molar refractivity (Wildman–Crippen MR) is 28.4 cm³/mol. The van der Waals surface area contributed by atoms with Gasteiger partial charge in [-0.3, -0.25) is 4.79 Å². The summed E-state index contributed by atoms with van der Waals surface area (Å²) < 4.78 is 4.81. The van der Waals surface area contributed by atoms with Crippen LogP contribution < -0.4 is 5.32 Å². The number of carbonyl (C=O) groups is 1. The Kier molecular flexibility index (Phi) is 1.48. The van der Waals surface area contributed by atoms with Crippen LogP contribution in [0.5, 0.6) is 0 Å². The molecule has 1 amide bonds. The van der Waals surface area contributed by atoms with Gasteiger partial charge in [-0.15, -0.1) is 0 Å². The fourth-order valence-corrected chi connectivity index (χ4v) is 0.796. The van der Waals surface area contributed by atoms with Gasteiger partial charge in [0.15, 0.2) is 0 Å². The summed E-state index contributed by atoms with van der Waals surface area (Å²) in [4.78, 5) is 10.6. The van der Waals surface area contributed by atoms with Crippen molar-refractivity contribution in [1.82, 2.24) is 5.32 Å². The van der Waals surface area contributed by atoms with E-state index in [0.717, 1.165) is 13.0 Å². The lowest BCUT2D eigenvalue weighted by atomic mass is 10.3. The van der Waals surface area contributed by atoms with E-state index in [4.69, 9.17) is 4.74 Å². The molecule has 0 spiro atoms. The highest BCUT2D eigenvalue weighted by Crippen LogP contribution is 2.01. The zero-order valence-electron chi connectivity index (χ0n) is 4.81. The molecule has 0 radical (unpaired) electrons. The summed E-state index contributed by atoms with van der Waals surface area (Å²) in [6.07, 6.45) is 0.630. The number of ether oxygens (including phenoxy) is 1. The molecule has 1 fully saturated rings. The quantitative estimate of drug-likeness (QED) is 0.501. The Morgan fingerprint density at radius 2 is 2.62 bits per heavy atom. The highest BCUT2D eigenvalue weighted by Gasteiger charge is 2.22. The fourth-order valence-electron chi connectivity index (χ4n) is 0.796. The van der Waals surface area contributed by atoms with Gasteiger partial charge in [0.05, 0.1) is 0 Å². The molecule has 3 nitrogen and oxygen atoms in total. The van der Waals surface area contributed by atoms with Crippen LogP contribution in [0.1, 0.15) is 6.42 Å². The largest absolute Gasteiger partial charge is 0.372 e. The van der Waals surface area contributed by atoms with Crippen LogP contribution in [-0.4, -0.2) is 25.7 Å². The van der Waals surface area contributed by atoms with Crippen LogP contribution in [0.3, 0.4) is 0 Å². The standard InChI is InChI=1S/C5H9NO2/c1-8-4-2-3-6-5(4)7/h4H,2-3H2,1H3,(H,6,7)/t4-/m0/s1. The molecule has 46 valence electrons. The minimum absolute atomic E-state index is 0.0208. The van der Waals surface area contributed by atoms with Crippen molar-refractivity contribution in [3.8, 4) is 0 Å². The summed E-state index contributed by atoms with van der Waals surface area (Å²) in [5.74, 6) is 0.0208. The number of carbonyl (C=O) groups excluding carboxylic acids is 1. The molecule has 1 saturated heterocycles. The number of amides is 1. The summed E-state index contributed by atoms with van der Waals surface area (Å²) in [7, 11) is 1.55. The lowest BCUT2D eigenvalue weighted by molar-refractivity contribution is -0.127. The molecule has 1 aliphatic rings. The molecule has 0 aromatic carbocycles. The average Bonchev–Trinajstić information content (AvgIpc) is 2.14. The van der Waals surface area contributed by atoms with Crippen LogP contribution in [0, 0.1) is 0 Å². The van der Waals surface area contributed by atoms with Gasteiger partial charge < -0.3 is 10.1 Å². The van der Waals surface area contributed by atoms with Crippen LogP contribution in [-0.2, 0) is 9.53 Å². The Morgan fingerprint density at radius 1 is 1.88 bits per heavy atom. The lowest BCUT2D eigenvalue weighted by Crippen LogP contribution is -2.23. The zero-order chi connectivity index (χ0) is 5.98. The van der Waals surface area contributed by atoms with E-state index in [9.17, 15) is 4.79 Å². The van der Waals surface area contributed by atoms with Crippen LogP contribution in [0.15, 0.2) is 0 Å². The molecule has 1 heterocycles. The van der Waals surface area contributed by atoms with Gasteiger partial charge in [-0.05, 0) is 6.42 Å². The Labute approximate surface area is 48.0 Å². The molecule has 1 atom stereocenters. The number of hydrogen-bond acceptors (Lipinski definition) is 2. The first-order chi connectivity index (χ1) is 3.84. The number of hydrogen-bond donors (Lipinski definition) is 1. The van der Waals surface area contributed by atoms with Crippen molar-refractivity contribution in [3.63, 3.8) is 0 Å². The second-order valence-electron chi connectivity index (χ2n) is 1.80. The first kappa shape index (κ1) is 5.56. The fraction of sp³-hybridized carbons (Fsp3) is 0.800. The minimum Gasteiger partial charge on any atom is -0.372 e.